The van der Waals surface area contributed by atoms with Gasteiger partial charge in [0.1, 0.15) is 22.9 Å². The zero-order chi connectivity index (χ0) is 25.7. The Morgan fingerprint density at radius 3 is 2.39 bits per heavy atom. The van der Waals surface area contributed by atoms with Crippen molar-refractivity contribution in [3.05, 3.63) is 71.8 Å². The minimum Gasteiger partial charge on any atom is -0.497 e. The van der Waals surface area contributed by atoms with Crippen molar-refractivity contribution in [1.82, 2.24) is 0 Å². The summed E-state index contributed by atoms with van der Waals surface area (Å²) in [5.41, 5.74) is 0.908. The second-order valence-corrected chi connectivity index (χ2v) is 10.7. The van der Waals surface area contributed by atoms with E-state index in [1.165, 1.54) is 7.11 Å². The maximum atomic E-state index is 14.2. The first-order valence-corrected chi connectivity index (χ1v) is 12.2. The standard InChI is InChI=1S/C30H31NO5/c1-29(2)16-25(32)30(27(33)26(29)28(34)36-4)15-23-22-8-6-5-7-20(22)11-14-24(23)31(18-30)17-19-9-12-21(35-3)13-10-19/h5-14,26H,15-18H2,1-4H3/t26-,30+/m1/s1. The zero-order valence-corrected chi connectivity index (χ0v) is 21.2. The Balaban J connectivity index is 1.66. The molecular weight excluding hydrogens is 454 g/mol. The van der Waals surface area contributed by atoms with Gasteiger partial charge in [-0.25, -0.2) is 0 Å². The number of fused-ring (bicyclic) bond motifs is 3. The number of esters is 1. The van der Waals surface area contributed by atoms with Gasteiger partial charge in [0, 0.05) is 25.2 Å². The van der Waals surface area contributed by atoms with Gasteiger partial charge >= 0.3 is 5.97 Å². The summed E-state index contributed by atoms with van der Waals surface area (Å²) in [5, 5.41) is 2.08. The smallest absolute Gasteiger partial charge is 0.316 e. The van der Waals surface area contributed by atoms with E-state index in [-0.39, 0.29) is 31.0 Å². The molecule has 0 aromatic heterocycles. The first-order valence-electron chi connectivity index (χ1n) is 12.2. The van der Waals surface area contributed by atoms with Crippen molar-refractivity contribution < 1.29 is 23.9 Å². The van der Waals surface area contributed by atoms with Crippen LogP contribution in [0.15, 0.2) is 60.7 Å². The van der Waals surface area contributed by atoms with E-state index in [4.69, 9.17) is 9.47 Å². The van der Waals surface area contributed by atoms with Crippen LogP contribution in [-0.2, 0) is 32.1 Å². The first kappa shape index (κ1) is 24.0. The van der Waals surface area contributed by atoms with Crippen LogP contribution in [0.1, 0.15) is 31.4 Å². The van der Waals surface area contributed by atoms with E-state index in [0.717, 1.165) is 33.3 Å². The van der Waals surface area contributed by atoms with Gasteiger partial charge in [0.15, 0.2) is 5.78 Å². The Morgan fingerprint density at radius 2 is 1.69 bits per heavy atom. The molecule has 0 saturated heterocycles. The van der Waals surface area contributed by atoms with E-state index in [9.17, 15) is 14.4 Å². The molecule has 1 saturated carbocycles. The number of hydrogen-bond donors (Lipinski definition) is 0. The topological polar surface area (TPSA) is 72.9 Å². The third kappa shape index (κ3) is 3.76. The van der Waals surface area contributed by atoms with Gasteiger partial charge in [-0.05, 0) is 51.9 Å². The Morgan fingerprint density at radius 1 is 0.972 bits per heavy atom. The highest BCUT2D eigenvalue weighted by molar-refractivity contribution is 6.18. The van der Waals surface area contributed by atoms with Crippen molar-refractivity contribution >= 4 is 34.0 Å². The largest absolute Gasteiger partial charge is 0.497 e. The summed E-state index contributed by atoms with van der Waals surface area (Å²) in [6.07, 6.45) is 0.430. The van der Waals surface area contributed by atoms with E-state index in [1.54, 1.807) is 21.0 Å². The molecule has 1 heterocycles. The summed E-state index contributed by atoms with van der Waals surface area (Å²) in [6, 6.07) is 20.0. The number of rotatable bonds is 4. The Labute approximate surface area is 211 Å². The Hall–Kier alpha value is -3.67. The van der Waals surface area contributed by atoms with Gasteiger partial charge < -0.3 is 14.4 Å². The van der Waals surface area contributed by atoms with Crippen LogP contribution in [0, 0.1) is 16.7 Å². The number of ether oxygens (including phenoxy) is 2. The van der Waals surface area contributed by atoms with Crippen molar-refractivity contribution in [2.45, 2.75) is 33.2 Å². The zero-order valence-electron chi connectivity index (χ0n) is 21.2. The van der Waals surface area contributed by atoms with E-state index < -0.39 is 22.7 Å². The Bertz CT molecular complexity index is 1360. The molecular formula is C30H31NO5. The predicted molar refractivity (Wildman–Crippen MR) is 138 cm³/mol. The van der Waals surface area contributed by atoms with Crippen LogP contribution in [0.3, 0.4) is 0 Å². The third-order valence-corrected chi connectivity index (χ3v) is 7.93. The van der Waals surface area contributed by atoms with Crippen molar-refractivity contribution in [1.29, 1.82) is 0 Å². The minimum atomic E-state index is -1.31. The van der Waals surface area contributed by atoms with Crippen molar-refractivity contribution in [2.75, 3.05) is 25.7 Å². The molecule has 36 heavy (non-hydrogen) atoms. The summed E-state index contributed by atoms with van der Waals surface area (Å²) in [6.45, 7) is 4.35. The highest BCUT2D eigenvalue weighted by atomic mass is 16.5. The molecule has 1 spiro atoms. The second-order valence-electron chi connectivity index (χ2n) is 10.7. The molecule has 1 aliphatic heterocycles. The molecule has 2 atom stereocenters. The van der Waals surface area contributed by atoms with E-state index in [1.807, 2.05) is 48.5 Å². The number of ketones is 2. The number of methoxy groups -OCH3 is 2. The highest BCUT2D eigenvalue weighted by Crippen LogP contribution is 2.51. The SMILES string of the molecule is COC(=O)[C@H]1C(=O)[C@]2(Cc3c(ccc4ccccc34)N(Cc3ccc(OC)cc3)C2)C(=O)CC1(C)C. The summed E-state index contributed by atoms with van der Waals surface area (Å²) in [4.78, 5) is 43.0. The number of benzene rings is 3. The van der Waals surface area contributed by atoms with Crippen LogP contribution in [0.5, 0.6) is 5.75 Å². The fraction of sp³-hybridized carbons (Fsp3) is 0.367. The highest BCUT2D eigenvalue weighted by Gasteiger charge is 2.61. The van der Waals surface area contributed by atoms with Crippen LogP contribution in [0.4, 0.5) is 5.69 Å². The quantitative estimate of drug-likeness (QED) is 0.392. The fourth-order valence-electron chi connectivity index (χ4n) is 6.02. The van der Waals surface area contributed by atoms with Gasteiger partial charge in [0.05, 0.1) is 14.2 Å². The van der Waals surface area contributed by atoms with E-state index in [2.05, 4.69) is 17.0 Å². The van der Waals surface area contributed by atoms with Crippen LogP contribution in [0.25, 0.3) is 10.8 Å². The second kappa shape index (κ2) is 8.77. The molecule has 1 fully saturated rings. The van der Waals surface area contributed by atoms with Gasteiger partial charge in [0.25, 0.3) is 0 Å². The average Bonchev–Trinajstić information content (AvgIpc) is 2.87. The number of nitrogens with zero attached hydrogens (tertiary/aromatic N) is 1. The van der Waals surface area contributed by atoms with Gasteiger partial charge in [-0.2, -0.15) is 0 Å². The molecule has 3 aromatic carbocycles. The molecule has 3 aromatic rings. The van der Waals surface area contributed by atoms with Crippen LogP contribution in [-0.4, -0.2) is 38.3 Å². The minimum absolute atomic E-state index is 0.101. The van der Waals surface area contributed by atoms with Crippen molar-refractivity contribution in [2.24, 2.45) is 16.7 Å². The molecule has 0 radical (unpaired) electrons. The summed E-state index contributed by atoms with van der Waals surface area (Å²) < 4.78 is 10.4. The molecule has 5 rings (SSSR count). The maximum Gasteiger partial charge on any atom is 0.316 e. The number of carbonyl (C=O) groups excluding carboxylic acids is 3. The lowest BCUT2D eigenvalue weighted by atomic mass is 9.55. The Kier molecular flexibility index (Phi) is 5.86. The monoisotopic (exact) mass is 485 g/mol. The van der Waals surface area contributed by atoms with Gasteiger partial charge in [-0.3, -0.25) is 14.4 Å². The number of carbonyl (C=O) groups is 3. The van der Waals surface area contributed by atoms with Gasteiger partial charge in [-0.1, -0.05) is 56.3 Å². The van der Waals surface area contributed by atoms with Crippen molar-refractivity contribution in [3.8, 4) is 5.75 Å². The molecule has 0 N–H and O–H groups in total. The predicted octanol–water partition coefficient (Wildman–Crippen LogP) is 4.75. The lowest BCUT2D eigenvalue weighted by Gasteiger charge is -2.49. The molecule has 0 unspecified atom stereocenters. The lowest BCUT2D eigenvalue weighted by molar-refractivity contribution is -0.165. The van der Waals surface area contributed by atoms with Gasteiger partial charge in [0.2, 0.25) is 0 Å². The van der Waals surface area contributed by atoms with Crippen LogP contribution >= 0.6 is 0 Å². The van der Waals surface area contributed by atoms with E-state index in [0.29, 0.717) is 6.54 Å². The third-order valence-electron chi connectivity index (χ3n) is 7.93. The number of Topliss-reactive ketones (excluding diaryl/α,β-unsaturated/α-hetero) is 2. The number of hydrogen-bond acceptors (Lipinski definition) is 6. The molecule has 0 bridgehead atoms. The number of anilines is 1. The summed E-state index contributed by atoms with van der Waals surface area (Å²) in [5.74, 6) is -1.22. The maximum absolute atomic E-state index is 14.2. The molecule has 6 heteroatoms. The van der Waals surface area contributed by atoms with Crippen molar-refractivity contribution in [3.63, 3.8) is 0 Å². The molecule has 186 valence electrons. The summed E-state index contributed by atoms with van der Waals surface area (Å²) in [7, 11) is 2.93. The fourth-order valence-corrected chi connectivity index (χ4v) is 6.02. The van der Waals surface area contributed by atoms with E-state index >= 15 is 0 Å². The molecule has 0 amide bonds. The lowest BCUT2D eigenvalue weighted by Crippen LogP contribution is -2.62. The normalized spacial score (nSPS) is 23.0. The van der Waals surface area contributed by atoms with Crippen LogP contribution < -0.4 is 9.64 Å². The average molecular weight is 486 g/mol. The molecule has 2 aliphatic rings. The van der Waals surface area contributed by atoms with Crippen LogP contribution in [0.2, 0.25) is 0 Å². The first-order chi connectivity index (χ1) is 17.2. The summed E-state index contributed by atoms with van der Waals surface area (Å²) >= 11 is 0. The van der Waals surface area contributed by atoms with Gasteiger partial charge in [-0.15, -0.1) is 0 Å². The molecule has 1 aliphatic carbocycles. The molecule has 6 nitrogen and oxygen atoms in total.